The third-order valence-electron chi connectivity index (χ3n) is 3.98. The summed E-state index contributed by atoms with van der Waals surface area (Å²) >= 11 is 0. The quantitative estimate of drug-likeness (QED) is 0.823. The molecule has 1 N–H and O–H groups in total. The minimum Gasteiger partial charge on any atom is -0.354 e. The second-order valence-corrected chi connectivity index (χ2v) is 5.58. The van der Waals surface area contributed by atoms with E-state index in [9.17, 15) is 4.79 Å². The molecule has 128 valence electrons. The average Bonchev–Trinajstić information content (AvgIpc) is 3.09. The first kappa shape index (κ1) is 16.3. The summed E-state index contributed by atoms with van der Waals surface area (Å²) in [5.74, 6) is 1.96. The number of aryl methyl sites for hydroxylation is 1. The molecule has 9 heteroatoms. The lowest BCUT2D eigenvalue weighted by molar-refractivity contribution is 0.0957. The Morgan fingerprint density at radius 3 is 2.62 bits per heavy atom. The largest absolute Gasteiger partial charge is 0.354 e. The number of carbonyl (C=O) groups excluding carboxylic acids is 1. The Kier molecular flexibility index (Phi) is 4.99. The van der Waals surface area contributed by atoms with Crippen LogP contribution in [-0.2, 0) is 13.0 Å². The zero-order valence-electron chi connectivity index (χ0n) is 13.9. The van der Waals surface area contributed by atoms with Gasteiger partial charge in [0.25, 0.3) is 5.91 Å². The molecule has 1 amide bonds. The van der Waals surface area contributed by atoms with E-state index in [1.807, 2.05) is 13.0 Å². The summed E-state index contributed by atoms with van der Waals surface area (Å²) in [6, 6.07) is 3.53. The first-order valence-electron chi connectivity index (χ1n) is 8.04. The van der Waals surface area contributed by atoms with Crippen molar-refractivity contribution in [2.45, 2.75) is 19.9 Å². The summed E-state index contributed by atoms with van der Waals surface area (Å²) in [6.45, 7) is 6.13. The zero-order valence-corrected chi connectivity index (χ0v) is 13.9. The zero-order chi connectivity index (χ0) is 16.9. The van der Waals surface area contributed by atoms with E-state index in [2.05, 4.69) is 35.5 Å². The summed E-state index contributed by atoms with van der Waals surface area (Å²) in [6.07, 6.45) is 0.755. The van der Waals surface area contributed by atoms with Crippen molar-refractivity contribution in [1.29, 1.82) is 0 Å². The number of rotatable bonds is 5. The molecular weight excluding hydrogens is 310 g/mol. The molecule has 0 saturated carbocycles. The van der Waals surface area contributed by atoms with Gasteiger partial charge in [0.15, 0.2) is 17.3 Å². The molecule has 0 aromatic carbocycles. The van der Waals surface area contributed by atoms with Gasteiger partial charge in [-0.2, -0.15) is 4.98 Å². The molecule has 9 nitrogen and oxygen atoms in total. The van der Waals surface area contributed by atoms with Crippen LogP contribution in [0.4, 0.5) is 5.82 Å². The van der Waals surface area contributed by atoms with Crippen molar-refractivity contribution in [2.75, 3.05) is 38.1 Å². The molecule has 1 aliphatic rings. The van der Waals surface area contributed by atoms with E-state index in [1.54, 1.807) is 13.1 Å². The lowest BCUT2D eigenvalue weighted by Gasteiger charge is -2.34. The van der Waals surface area contributed by atoms with Gasteiger partial charge in [-0.15, -0.1) is 10.2 Å². The van der Waals surface area contributed by atoms with E-state index < -0.39 is 0 Å². The molecule has 0 atom stereocenters. The van der Waals surface area contributed by atoms with Crippen LogP contribution in [0.3, 0.4) is 0 Å². The standard InChI is InChI=1S/C15H21N7O2/c1-3-14-17-12(20-24-14)10-21-6-8-22(9-7-21)13-5-4-11(18-19-13)15(23)16-2/h4-5H,3,6-10H2,1-2H3,(H,16,23). The first-order chi connectivity index (χ1) is 11.7. The third-order valence-corrected chi connectivity index (χ3v) is 3.98. The maximum absolute atomic E-state index is 11.5. The first-order valence-corrected chi connectivity index (χ1v) is 8.04. The van der Waals surface area contributed by atoms with E-state index in [1.165, 1.54) is 0 Å². The van der Waals surface area contributed by atoms with Gasteiger partial charge in [-0.25, -0.2) is 0 Å². The van der Waals surface area contributed by atoms with Crippen molar-refractivity contribution in [3.05, 3.63) is 29.5 Å². The van der Waals surface area contributed by atoms with Gasteiger partial charge >= 0.3 is 0 Å². The number of anilines is 1. The van der Waals surface area contributed by atoms with Crippen LogP contribution < -0.4 is 10.2 Å². The van der Waals surface area contributed by atoms with Gasteiger partial charge in [0, 0.05) is 39.6 Å². The minimum atomic E-state index is -0.231. The minimum absolute atomic E-state index is 0.231. The highest BCUT2D eigenvalue weighted by atomic mass is 16.5. The number of hydrogen-bond donors (Lipinski definition) is 1. The van der Waals surface area contributed by atoms with Crippen LogP contribution >= 0.6 is 0 Å². The van der Waals surface area contributed by atoms with Crippen LogP contribution in [0.2, 0.25) is 0 Å². The van der Waals surface area contributed by atoms with Crippen LogP contribution in [0.1, 0.15) is 29.1 Å². The van der Waals surface area contributed by atoms with Crippen molar-refractivity contribution in [3.8, 4) is 0 Å². The second-order valence-electron chi connectivity index (χ2n) is 5.58. The molecule has 1 aliphatic heterocycles. The van der Waals surface area contributed by atoms with Gasteiger partial charge in [-0.3, -0.25) is 9.69 Å². The van der Waals surface area contributed by atoms with Crippen LogP contribution in [0.5, 0.6) is 0 Å². The van der Waals surface area contributed by atoms with E-state index in [0.29, 0.717) is 18.1 Å². The van der Waals surface area contributed by atoms with E-state index in [0.717, 1.165) is 44.2 Å². The van der Waals surface area contributed by atoms with Gasteiger partial charge < -0.3 is 14.7 Å². The molecule has 0 radical (unpaired) electrons. The molecule has 3 rings (SSSR count). The fraction of sp³-hybridized carbons (Fsp3) is 0.533. The fourth-order valence-electron chi connectivity index (χ4n) is 2.58. The Labute approximate surface area is 140 Å². The number of piperazine rings is 1. The smallest absolute Gasteiger partial charge is 0.271 e. The van der Waals surface area contributed by atoms with E-state index in [-0.39, 0.29) is 5.91 Å². The second kappa shape index (κ2) is 7.35. The van der Waals surface area contributed by atoms with Crippen molar-refractivity contribution in [1.82, 2.24) is 30.6 Å². The van der Waals surface area contributed by atoms with Gasteiger partial charge in [-0.1, -0.05) is 12.1 Å². The Morgan fingerprint density at radius 1 is 1.25 bits per heavy atom. The van der Waals surface area contributed by atoms with Crippen molar-refractivity contribution < 1.29 is 9.32 Å². The lowest BCUT2D eigenvalue weighted by atomic mass is 10.3. The SMILES string of the molecule is CCc1nc(CN2CCN(c3ccc(C(=O)NC)nn3)CC2)no1. The number of nitrogens with one attached hydrogen (secondary N) is 1. The van der Waals surface area contributed by atoms with Gasteiger partial charge in [0.1, 0.15) is 0 Å². The van der Waals surface area contributed by atoms with Gasteiger partial charge in [0.2, 0.25) is 5.89 Å². The predicted molar refractivity (Wildman–Crippen MR) is 86.6 cm³/mol. The molecule has 0 unspecified atom stereocenters. The maximum atomic E-state index is 11.5. The summed E-state index contributed by atoms with van der Waals surface area (Å²) in [5.41, 5.74) is 0.323. The monoisotopic (exact) mass is 331 g/mol. The van der Waals surface area contributed by atoms with Crippen LogP contribution in [-0.4, -0.2) is 64.4 Å². The summed E-state index contributed by atoms with van der Waals surface area (Å²) < 4.78 is 5.14. The topological polar surface area (TPSA) is 100 Å². The third kappa shape index (κ3) is 3.67. The average molecular weight is 331 g/mol. The molecule has 24 heavy (non-hydrogen) atoms. The summed E-state index contributed by atoms with van der Waals surface area (Å²) in [7, 11) is 1.57. The highest BCUT2D eigenvalue weighted by Crippen LogP contribution is 2.14. The molecule has 0 spiro atoms. The molecule has 3 heterocycles. The Balaban J connectivity index is 1.53. The number of nitrogens with zero attached hydrogens (tertiary/aromatic N) is 6. The predicted octanol–water partition coefficient (Wildman–Crippen LogP) is 0.104. The van der Waals surface area contributed by atoms with Crippen LogP contribution in [0.15, 0.2) is 16.7 Å². The Bertz CT molecular complexity index is 677. The van der Waals surface area contributed by atoms with Crippen molar-refractivity contribution in [2.24, 2.45) is 0 Å². The van der Waals surface area contributed by atoms with Gasteiger partial charge in [-0.05, 0) is 12.1 Å². The summed E-state index contributed by atoms with van der Waals surface area (Å²) in [4.78, 5) is 20.3. The number of aromatic nitrogens is 4. The molecule has 0 aliphatic carbocycles. The fourth-order valence-corrected chi connectivity index (χ4v) is 2.58. The molecular formula is C15H21N7O2. The molecule has 1 saturated heterocycles. The van der Waals surface area contributed by atoms with Crippen LogP contribution in [0.25, 0.3) is 0 Å². The Hall–Kier alpha value is -2.55. The molecule has 0 bridgehead atoms. The molecule has 1 fully saturated rings. The molecule has 2 aromatic heterocycles. The lowest BCUT2D eigenvalue weighted by Crippen LogP contribution is -2.46. The highest BCUT2D eigenvalue weighted by Gasteiger charge is 2.20. The van der Waals surface area contributed by atoms with Gasteiger partial charge in [0.05, 0.1) is 6.54 Å². The molecule has 2 aromatic rings. The van der Waals surface area contributed by atoms with Crippen LogP contribution in [0, 0.1) is 0 Å². The number of hydrogen-bond acceptors (Lipinski definition) is 8. The Morgan fingerprint density at radius 2 is 2.04 bits per heavy atom. The number of carbonyl (C=O) groups is 1. The highest BCUT2D eigenvalue weighted by molar-refractivity contribution is 5.91. The van der Waals surface area contributed by atoms with E-state index >= 15 is 0 Å². The van der Waals surface area contributed by atoms with E-state index in [4.69, 9.17) is 4.52 Å². The number of amides is 1. The van der Waals surface area contributed by atoms with Crippen molar-refractivity contribution in [3.63, 3.8) is 0 Å². The van der Waals surface area contributed by atoms with Crippen molar-refractivity contribution >= 4 is 11.7 Å². The maximum Gasteiger partial charge on any atom is 0.271 e. The normalized spacial score (nSPS) is 15.5. The summed E-state index contributed by atoms with van der Waals surface area (Å²) in [5, 5.41) is 14.7.